The van der Waals surface area contributed by atoms with Crippen LogP contribution in [-0.4, -0.2) is 29.2 Å². The van der Waals surface area contributed by atoms with Gasteiger partial charge >= 0.3 is 0 Å². The second kappa shape index (κ2) is 6.12. The van der Waals surface area contributed by atoms with Crippen LogP contribution in [0.5, 0.6) is 5.75 Å². The Labute approximate surface area is 95.2 Å². The Morgan fingerprint density at radius 2 is 2.19 bits per heavy atom. The van der Waals surface area contributed by atoms with E-state index in [-0.39, 0.29) is 6.61 Å². The summed E-state index contributed by atoms with van der Waals surface area (Å²) in [4.78, 5) is 0. The van der Waals surface area contributed by atoms with Crippen LogP contribution in [0.4, 0.5) is 0 Å². The molecule has 0 heterocycles. The molecule has 0 spiro atoms. The van der Waals surface area contributed by atoms with Crippen molar-refractivity contribution in [3.8, 4) is 5.75 Å². The molecule has 0 aromatic heterocycles. The fourth-order valence-electron chi connectivity index (χ4n) is 1.35. The molecule has 0 aliphatic rings. The number of hydrogen-bond acceptors (Lipinski definition) is 4. The zero-order valence-corrected chi connectivity index (χ0v) is 9.60. The van der Waals surface area contributed by atoms with Gasteiger partial charge in [-0.05, 0) is 26.0 Å². The molecule has 0 amide bonds. The van der Waals surface area contributed by atoms with E-state index in [4.69, 9.17) is 15.1 Å². The summed E-state index contributed by atoms with van der Waals surface area (Å²) >= 11 is 0. The highest BCUT2D eigenvalue weighted by atomic mass is 16.5. The van der Waals surface area contributed by atoms with E-state index in [1.54, 1.807) is 6.92 Å². The highest BCUT2D eigenvalue weighted by molar-refractivity contribution is 6.00. The first-order chi connectivity index (χ1) is 7.69. The zero-order valence-electron chi connectivity index (χ0n) is 9.60. The van der Waals surface area contributed by atoms with Crippen LogP contribution in [0.3, 0.4) is 0 Å². The van der Waals surface area contributed by atoms with Crippen LogP contribution in [0.1, 0.15) is 24.5 Å². The predicted octanol–water partition coefficient (Wildman–Crippen LogP) is 1.95. The Bertz CT molecular complexity index is 375. The van der Waals surface area contributed by atoms with Gasteiger partial charge in [-0.25, -0.2) is 0 Å². The molecule has 0 aliphatic heterocycles. The maximum Gasteiger partial charge on any atom is 0.128 e. The highest BCUT2D eigenvalue weighted by Gasteiger charge is 2.07. The minimum Gasteiger partial charge on any atom is -0.493 e. The van der Waals surface area contributed by atoms with Gasteiger partial charge in [0.25, 0.3) is 0 Å². The zero-order chi connectivity index (χ0) is 12.0. The molecule has 2 N–H and O–H groups in total. The summed E-state index contributed by atoms with van der Waals surface area (Å²) in [6, 6.07) is 5.68. The van der Waals surface area contributed by atoms with Crippen molar-refractivity contribution in [3.05, 3.63) is 29.3 Å². The third kappa shape index (κ3) is 3.24. The van der Waals surface area contributed by atoms with Crippen molar-refractivity contribution < 1.29 is 15.1 Å². The van der Waals surface area contributed by atoms with Crippen LogP contribution in [0.2, 0.25) is 0 Å². The van der Waals surface area contributed by atoms with E-state index in [9.17, 15) is 0 Å². The average molecular weight is 223 g/mol. The summed E-state index contributed by atoms with van der Waals surface area (Å²) < 4.78 is 5.50. The largest absolute Gasteiger partial charge is 0.493 e. The molecule has 16 heavy (non-hydrogen) atoms. The number of benzene rings is 1. The Morgan fingerprint density at radius 1 is 1.44 bits per heavy atom. The standard InChI is InChI=1S/C12H17NO3/c1-9-4-5-12(16-7-3-6-14)11(8-9)10(2)13-15/h4-5,8,14-15H,3,6-7H2,1-2H3. The molecule has 0 saturated heterocycles. The van der Waals surface area contributed by atoms with Gasteiger partial charge < -0.3 is 15.1 Å². The van der Waals surface area contributed by atoms with E-state index >= 15 is 0 Å². The van der Waals surface area contributed by atoms with Crippen LogP contribution in [0.15, 0.2) is 23.4 Å². The number of ether oxygens (including phenoxy) is 1. The molecule has 4 heteroatoms. The molecular formula is C12H17NO3. The summed E-state index contributed by atoms with van der Waals surface area (Å²) in [5.74, 6) is 0.675. The Hall–Kier alpha value is -1.55. The topological polar surface area (TPSA) is 62.1 Å². The summed E-state index contributed by atoms with van der Waals surface area (Å²) in [5.41, 5.74) is 2.37. The quantitative estimate of drug-likeness (QED) is 0.347. The first-order valence-electron chi connectivity index (χ1n) is 5.22. The lowest BCUT2D eigenvalue weighted by molar-refractivity contribution is 0.233. The maximum atomic E-state index is 8.77. The molecule has 1 aromatic rings. The third-order valence-electron chi connectivity index (χ3n) is 2.23. The SMILES string of the molecule is CC(=NO)c1cc(C)ccc1OCCCO. The van der Waals surface area contributed by atoms with Crippen molar-refractivity contribution in [1.29, 1.82) is 0 Å². The van der Waals surface area contributed by atoms with Crippen LogP contribution >= 0.6 is 0 Å². The fraction of sp³-hybridized carbons (Fsp3) is 0.417. The summed E-state index contributed by atoms with van der Waals surface area (Å²) in [5, 5.41) is 20.6. The Kier molecular flexibility index (Phi) is 4.79. The van der Waals surface area contributed by atoms with Crippen molar-refractivity contribution in [2.45, 2.75) is 20.3 Å². The second-order valence-corrected chi connectivity index (χ2v) is 3.61. The van der Waals surface area contributed by atoms with E-state index in [0.29, 0.717) is 24.5 Å². The first kappa shape index (κ1) is 12.5. The molecule has 0 fully saturated rings. The van der Waals surface area contributed by atoms with Crippen molar-refractivity contribution in [1.82, 2.24) is 0 Å². The van der Waals surface area contributed by atoms with Gasteiger partial charge in [-0.1, -0.05) is 16.8 Å². The van der Waals surface area contributed by atoms with Gasteiger partial charge in [-0.2, -0.15) is 0 Å². The Balaban J connectivity index is 2.89. The molecule has 0 aliphatic carbocycles. The smallest absolute Gasteiger partial charge is 0.128 e. The fourth-order valence-corrected chi connectivity index (χ4v) is 1.35. The summed E-state index contributed by atoms with van der Waals surface area (Å²) in [6.45, 7) is 4.23. The van der Waals surface area contributed by atoms with E-state index in [0.717, 1.165) is 11.1 Å². The number of rotatable bonds is 5. The molecule has 4 nitrogen and oxygen atoms in total. The van der Waals surface area contributed by atoms with Crippen molar-refractivity contribution >= 4 is 5.71 Å². The molecule has 0 atom stereocenters. The van der Waals surface area contributed by atoms with Crippen molar-refractivity contribution in [3.63, 3.8) is 0 Å². The molecule has 0 saturated carbocycles. The summed E-state index contributed by atoms with van der Waals surface area (Å²) in [7, 11) is 0. The van der Waals surface area contributed by atoms with Gasteiger partial charge in [-0.3, -0.25) is 0 Å². The van der Waals surface area contributed by atoms with Crippen LogP contribution in [0.25, 0.3) is 0 Å². The van der Waals surface area contributed by atoms with E-state index in [1.165, 1.54) is 0 Å². The molecular weight excluding hydrogens is 206 g/mol. The maximum absolute atomic E-state index is 8.77. The monoisotopic (exact) mass is 223 g/mol. The first-order valence-corrected chi connectivity index (χ1v) is 5.22. The number of hydrogen-bond donors (Lipinski definition) is 2. The van der Waals surface area contributed by atoms with E-state index < -0.39 is 0 Å². The van der Waals surface area contributed by atoms with Gasteiger partial charge in [0, 0.05) is 18.6 Å². The van der Waals surface area contributed by atoms with Gasteiger partial charge in [0.15, 0.2) is 0 Å². The summed E-state index contributed by atoms with van der Waals surface area (Å²) in [6.07, 6.45) is 0.586. The number of nitrogens with zero attached hydrogens (tertiary/aromatic N) is 1. The lowest BCUT2D eigenvalue weighted by Crippen LogP contribution is -2.05. The van der Waals surface area contributed by atoms with Crippen LogP contribution < -0.4 is 4.74 Å². The second-order valence-electron chi connectivity index (χ2n) is 3.61. The van der Waals surface area contributed by atoms with E-state index in [2.05, 4.69) is 5.16 Å². The minimum absolute atomic E-state index is 0.105. The van der Waals surface area contributed by atoms with Crippen LogP contribution in [0, 0.1) is 6.92 Å². The normalized spacial score (nSPS) is 11.6. The van der Waals surface area contributed by atoms with Gasteiger partial charge in [-0.15, -0.1) is 0 Å². The predicted molar refractivity (Wildman–Crippen MR) is 62.4 cm³/mol. The number of aliphatic hydroxyl groups is 1. The molecule has 0 bridgehead atoms. The van der Waals surface area contributed by atoms with Gasteiger partial charge in [0.2, 0.25) is 0 Å². The minimum atomic E-state index is 0.105. The third-order valence-corrected chi connectivity index (χ3v) is 2.23. The highest BCUT2D eigenvalue weighted by Crippen LogP contribution is 2.21. The van der Waals surface area contributed by atoms with Gasteiger partial charge in [0.1, 0.15) is 5.75 Å². The number of oxime groups is 1. The molecule has 0 unspecified atom stereocenters. The number of aryl methyl sites for hydroxylation is 1. The van der Waals surface area contributed by atoms with Crippen LogP contribution in [-0.2, 0) is 0 Å². The molecule has 0 radical (unpaired) electrons. The average Bonchev–Trinajstić information content (AvgIpc) is 2.30. The molecule has 88 valence electrons. The van der Waals surface area contributed by atoms with Crippen molar-refractivity contribution in [2.75, 3.05) is 13.2 Å². The van der Waals surface area contributed by atoms with Crippen molar-refractivity contribution in [2.24, 2.45) is 5.16 Å². The van der Waals surface area contributed by atoms with E-state index in [1.807, 2.05) is 25.1 Å². The van der Waals surface area contributed by atoms with Gasteiger partial charge in [0.05, 0.1) is 12.3 Å². The molecule has 1 aromatic carbocycles. The number of aliphatic hydroxyl groups excluding tert-OH is 1. The Morgan fingerprint density at radius 3 is 2.81 bits per heavy atom. The molecule has 1 rings (SSSR count). The lowest BCUT2D eigenvalue weighted by atomic mass is 10.1. The lowest BCUT2D eigenvalue weighted by Gasteiger charge is -2.11.